The molecule has 0 saturated heterocycles. The number of carbonyl (C=O) groups excluding carboxylic acids is 1. The summed E-state index contributed by atoms with van der Waals surface area (Å²) in [5.74, 6) is -0.359. The number of nitrogens with one attached hydrogen (secondary N) is 2. The number of rotatable bonds is 4. The fourth-order valence-electron chi connectivity index (χ4n) is 2.28. The molecule has 0 fully saturated rings. The highest BCUT2D eigenvalue weighted by molar-refractivity contribution is 7.80. The first-order chi connectivity index (χ1) is 11.0. The van der Waals surface area contributed by atoms with Crippen molar-refractivity contribution in [2.45, 2.75) is 19.9 Å². The predicted molar refractivity (Wildman–Crippen MR) is 96.7 cm³/mol. The second-order valence-corrected chi connectivity index (χ2v) is 5.61. The molecule has 0 spiro atoms. The minimum atomic E-state index is -0.359. The number of anilines is 1. The molecule has 2 aromatic carbocycles. The summed E-state index contributed by atoms with van der Waals surface area (Å²) in [6.07, 6.45) is 0. The van der Waals surface area contributed by atoms with E-state index in [1.807, 2.05) is 50.2 Å². The summed E-state index contributed by atoms with van der Waals surface area (Å²) < 4.78 is 4.78. The third-order valence-electron chi connectivity index (χ3n) is 3.63. The molecule has 0 aliphatic rings. The van der Waals surface area contributed by atoms with Crippen LogP contribution in [0.2, 0.25) is 0 Å². The molecule has 120 valence electrons. The van der Waals surface area contributed by atoms with Gasteiger partial charge in [-0.2, -0.15) is 0 Å². The molecule has 0 heterocycles. The lowest BCUT2D eigenvalue weighted by Crippen LogP contribution is -2.31. The van der Waals surface area contributed by atoms with Crippen LogP contribution < -0.4 is 10.6 Å². The summed E-state index contributed by atoms with van der Waals surface area (Å²) >= 11 is 5.37. The Hall–Kier alpha value is -2.40. The average Bonchev–Trinajstić information content (AvgIpc) is 2.56. The van der Waals surface area contributed by atoms with Crippen molar-refractivity contribution in [1.82, 2.24) is 5.32 Å². The molecule has 0 unspecified atom stereocenters. The van der Waals surface area contributed by atoms with Gasteiger partial charge in [0, 0.05) is 5.69 Å². The van der Waals surface area contributed by atoms with Crippen LogP contribution in [0.4, 0.5) is 5.69 Å². The molecule has 1 atom stereocenters. The van der Waals surface area contributed by atoms with Crippen LogP contribution in [0.25, 0.3) is 0 Å². The van der Waals surface area contributed by atoms with E-state index in [0.29, 0.717) is 10.7 Å². The quantitative estimate of drug-likeness (QED) is 0.660. The van der Waals surface area contributed by atoms with Crippen LogP contribution >= 0.6 is 12.2 Å². The number of methoxy groups -OCH3 is 1. The Morgan fingerprint density at radius 1 is 1.13 bits per heavy atom. The molecule has 2 N–H and O–H groups in total. The SMILES string of the molecule is COC(=O)c1cccc(NC(=S)N[C@@H](C)c2ccccc2)c1C. The third-order valence-corrected chi connectivity index (χ3v) is 3.85. The highest BCUT2D eigenvalue weighted by Gasteiger charge is 2.13. The molecular weight excluding hydrogens is 308 g/mol. The minimum Gasteiger partial charge on any atom is -0.465 e. The highest BCUT2D eigenvalue weighted by atomic mass is 32.1. The molecular formula is C18H20N2O2S. The van der Waals surface area contributed by atoms with Gasteiger partial charge in [0.25, 0.3) is 0 Å². The average molecular weight is 328 g/mol. The summed E-state index contributed by atoms with van der Waals surface area (Å²) in [5.41, 5.74) is 3.26. The van der Waals surface area contributed by atoms with E-state index in [9.17, 15) is 4.79 Å². The van der Waals surface area contributed by atoms with E-state index in [1.165, 1.54) is 7.11 Å². The van der Waals surface area contributed by atoms with Crippen molar-refractivity contribution < 1.29 is 9.53 Å². The van der Waals surface area contributed by atoms with Gasteiger partial charge in [-0.05, 0) is 49.3 Å². The molecule has 2 aromatic rings. The van der Waals surface area contributed by atoms with Gasteiger partial charge in [0.15, 0.2) is 5.11 Å². The van der Waals surface area contributed by atoms with Crippen molar-refractivity contribution in [1.29, 1.82) is 0 Å². The Morgan fingerprint density at radius 3 is 2.48 bits per heavy atom. The maximum absolute atomic E-state index is 11.7. The monoisotopic (exact) mass is 328 g/mol. The number of thiocarbonyl (C=S) groups is 1. The first-order valence-electron chi connectivity index (χ1n) is 7.33. The second-order valence-electron chi connectivity index (χ2n) is 5.20. The number of hydrogen-bond acceptors (Lipinski definition) is 3. The van der Waals surface area contributed by atoms with Crippen LogP contribution in [0, 0.1) is 6.92 Å². The molecule has 0 radical (unpaired) electrons. The molecule has 0 bridgehead atoms. The fourth-order valence-corrected chi connectivity index (χ4v) is 2.57. The number of ether oxygens (including phenoxy) is 1. The lowest BCUT2D eigenvalue weighted by Gasteiger charge is -2.18. The predicted octanol–water partition coefficient (Wildman–Crippen LogP) is 3.83. The minimum absolute atomic E-state index is 0.0836. The van der Waals surface area contributed by atoms with Crippen molar-refractivity contribution in [2.75, 3.05) is 12.4 Å². The Balaban J connectivity index is 2.07. The van der Waals surface area contributed by atoms with Gasteiger partial charge in [-0.1, -0.05) is 36.4 Å². The zero-order valence-electron chi connectivity index (χ0n) is 13.4. The van der Waals surface area contributed by atoms with Crippen LogP contribution in [0.15, 0.2) is 48.5 Å². The first kappa shape index (κ1) is 17.0. The molecule has 0 aromatic heterocycles. The van der Waals surface area contributed by atoms with Gasteiger partial charge >= 0.3 is 5.97 Å². The summed E-state index contributed by atoms with van der Waals surface area (Å²) in [6, 6.07) is 15.5. The van der Waals surface area contributed by atoms with E-state index in [0.717, 1.165) is 16.8 Å². The molecule has 0 saturated carbocycles. The number of benzene rings is 2. The van der Waals surface area contributed by atoms with Gasteiger partial charge in [-0.25, -0.2) is 4.79 Å². The van der Waals surface area contributed by atoms with Gasteiger partial charge in [0.05, 0.1) is 18.7 Å². The highest BCUT2D eigenvalue weighted by Crippen LogP contribution is 2.20. The third kappa shape index (κ3) is 4.29. The van der Waals surface area contributed by atoms with Crippen LogP contribution in [0.5, 0.6) is 0 Å². The van der Waals surface area contributed by atoms with Gasteiger partial charge in [-0.15, -0.1) is 0 Å². The van der Waals surface area contributed by atoms with E-state index in [4.69, 9.17) is 17.0 Å². The molecule has 23 heavy (non-hydrogen) atoms. The van der Waals surface area contributed by atoms with Crippen molar-refractivity contribution in [3.8, 4) is 0 Å². The van der Waals surface area contributed by atoms with Crippen molar-refractivity contribution in [2.24, 2.45) is 0 Å². The van der Waals surface area contributed by atoms with E-state index in [1.54, 1.807) is 12.1 Å². The molecule has 4 nitrogen and oxygen atoms in total. The molecule has 0 amide bonds. The van der Waals surface area contributed by atoms with Crippen LogP contribution in [0.3, 0.4) is 0 Å². The van der Waals surface area contributed by atoms with Gasteiger partial charge in [0.1, 0.15) is 0 Å². The van der Waals surface area contributed by atoms with Crippen LogP contribution in [0.1, 0.15) is 34.5 Å². The summed E-state index contributed by atoms with van der Waals surface area (Å²) in [5, 5.41) is 6.89. The Bertz CT molecular complexity index is 701. The van der Waals surface area contributed by atoms with E-state index < -0.39 is 0 Å². The maximum Gasteiger partial charge on any atom is 0.338 e. The summed E-state index contributed by atoms with van der Waals surface area (Å²) in [4.78, 5) is 11.7. The molecule has 5 heteroatoms. The molecule has 2 rings (SSSR count). The topological polar surface area (TPSA) is 50.4 Å². The molecule has 0 aliphatic carbocycles. The summed E-state index contributed by atoms with van der Waals surface area (Å²) in [7, 11) is 1.37. The number of carbonyl (C=O) groups is 1. The fraction of sp³-hybridized carbons (Fsp3) is 0.222. The van der Waals surface area contributed by atoms with Gasteiger partial charge in [0.2, 0.25) is 0 Å². The lowest BCUT2D eigenvalue weighted by atomic mass is 10.1. The van der Waals surface area contributed by atoms with E-state index in [2.05, 4.69) is 10.6 Å². The number of esters is 1. The van der Waals surface area contributed by atoms with Crippen LogP contribution in [-0.4, -0.2) is 18.2 Å². The van der Waals surface area contributed by atoms with Gasteiger partial charge in [-0.3, -0.25) is 0 Å². The van der Waals surface area contributed by atoms with Crippen LogP contribution in [-0.2, 0) is 4.74 Å². The normalized spacial score (nSPS) is 11.4. The lowest BCUT2D eigenvalue weighted by molar-refractivity contribution is 0.0600. The van der Waals surface area contributed by atoms with Gasteiger partial charge < -0.3 is 15.4 Å². The number of hydrogen-bond donors (Lipinski definition) is 2. The summed E-state index contributed by atoms with van der Waals surface area (Å²) in [6.45, 7) is 3.90. The standard InChI is InChI=1S/C18H20N2O2S/c1-12-15(17(21)22-3)10-7-11-16(12)20-18(23)19-13(2)14-8-5-4-6-9-14/h4-11,13H,1-3H3,(H2,19,20,23)/t13-/m0/s1. The maximum atomic E-state index is 11.7. The second kappa shape index (κ2) is 7.74. The zero-order chi connectivity index (χ0) is 16.8. The van der Waals surface area contributed by atoms with E-state index >= 15 is 0 Å². The first-order valence-corrected chi connectivity index (χ1v) is 7.74. The Kier molecular flexibility index (Phi) is 5.71. The van der Waals surface area contributed by atoms with Crippen molar-refractivity contribution in [3.63, 3.8) is 0 Å². The molecule has 0 aliphatic heterocycles. The largest absolute Gasteiger partial charge is 0.465 e. The van der Waals surface area contributed by atoms with Crippen molar-refractivity contribution in [3.05, 3.63) is 65.2 Å². The Morgan fingerprint density at radius 2 is 1.83 bits per heavy atom. The Labute approximate surface area is 141 Å². The smallest absolute Gasteiger partial charge is 0.338 e. The zero-order valence-corrected chi connectivity index (χ0v) is 14.2. The van der Waals surface area contributed by atoms with Crippen molar-refractivity contribution >= 4 is 29.0 Å². The van der Waals surface area contributed by atoms with E-state index in [-0.39, 0.29) is 12.0 Å².